The van der Waals surface area contributed by atoms with Gasteiger partial charge in [-0.15, -0.1) is 11.8 Å². The van der Waals surface area contributed by atoms with Gasteiger partial charge in [-0.3, -0.25) is 33.7 Å². The summed E-state index contributed by atoms with van der Waals surface area (Å²) in [5, 5.41) is 24.0. The molecule has 0 aliphatic carbocycles. The number of amides is 4. The number of hydrogen-bond acceptors (Lipinski definition) is 15. The van der Waals surface area contributed by atoms with Gasteiger partial charge >= 0.3 is 5.97 Å². The minimum Gasteiger partial charge on any atom is -0.492 e. The van der Waals surface area contributed by atoms with E-state index in [4.69, 9.17) is 28.4 Å². The zero-order valence-electron chi connectivity index (χ0n) is 30.1. The summed E-state index contributed by atoms with van der Waals surface area (Å²) in [4.78, 5) is 75.2. The first-order chi connectivity index (χ1) is 25.9. The van der Waals surface area contributed by atoms with Crippen molar-refractivity contribution in [2.75, 3.05) is 71.6 Å². The van der Waals surface area contributed by atoms with Gasteiger partial charge in [0.1, 0.15) is 62.3 Å². The Labute approximate surface area is 315 Å². The normalized spacial score (nSPS) is 24.1. The molecule has 19 heteroatoms. The second-order valence-corrected chi connectivity index (χ2v) is 14.1. The highest BCUT2D eigenvalue weighted by atomic mass is 32.2. The molecule has 1 aromatic heterocycles. The summed E-state index contributed by atoms with van der Waals surface area (Å²) in [6.45, 7) is 3.46. The Kier molecular flexibility index (Phi) is 14.8. The van der Waals surface area contributed by atoms with E-state index in [9.17, 15) is 39.0 Å². The van der Waals surface area contributed by atoms with Crippen molar-refractivity contribution in [2.45, 2.75) is 62.7 Å². The number of rotatable bonds is 19. The highest BCUT2D eigenvalue weighted by Crippen LogP contribution is 2.29. The van der Waals surface area contributed by atoms with Gasteiger partial charge in [0.15, 0.2) is 6.29 Å². The molecule has 3 aliphatic rings. The number of Topliss-reactive ketones (excluding diaryl/α,β-unsaturated/α-hetero) is 1. The molecule has 0 saturated carbocycles. The van der Waals surface area contributed by atoms with Gasteiger partial charge in [-0.05, 0) is 31.2 Å². The van der Waals surface area contributed by atoms with Gasteiger partial charge in [0.2, 0.25) is 23.6 Å². The molecule has 296 valence electrons. The molecule has 0 radical (unpaired) electrons. The number of carbonyl (C=O) groups is 6. The Morgan fingerprint density at radius 3 is 2.56 bits per heavy atom. The number of ketones is 1. The number of ether oxygens (including phenoxy) is 6. The molecule has 0 spiro atoms. The SMILES string of the molecule is CC(=O)CSC1CC(=O)N(CCOc2ccc3c(ccn3CC(=O)OCCOCCOCC(=O)NC[C@H]3O[C@@H]4OCCN(C(C)=O)[C@H]4[C@@H](O)[C@H]3O)c2)C1=O. The number of nitrogens with zero attached hydrogens (tertiary/aromatic N) is 3. The second-order valence-electron chi connectivity index (χ2n) is 12.9. The molecule has 1 aromatic carbocycles. The number of aromatic nitrogens is 1. The average molecular weight is 779 g/mol. The van der Waals surface area contributed by atoms with Crippen LogP contribution in [0.5, 0.6) is 5.75 Å². The van der Waals surface area contributed by atoms with Gasteiger partial charge in [-0.2, -0.15) is 0 Å². The predicted molar refractivity (Wildman–Crippen MR) is 189 cm³/mol. The van der Waals surface area contributed by atoms with Crippen LogP contribution in [0.4, 0.5) is 0 Å². The summed E-state index contributed by atoms with van der Waals surface area (Å²) < 4.78 is 34.8. The van der Waals surface area contributed by atoms with Crippen LogP contribution in [0.2, 0.25) is 0 Å². The van der Waals surface area contributed by atoms with Crippen molar-refractivity contribution in [1.29, 1.82) is 0 Å². The maximum absolute atomic E-state index is 12.5. The topological polar surface area (TPSA) is 222 Å². The van der Waals surface area contributed by atoms with Gasteiger partial charge in [0.25, 0.3) is 0 Å². The fraction of sp³-hybridized carbons (Fsp3) is 0.600. The monoisotopic (exact) mass is 778 g/mol. The molecule has 2 aromatic rings. The first kappa shape index (κ1) is 41.1. The maximum atomic E-state index is 12.5. The number of aliphatic hydroxyl groups excluding tert-OH is 2. The minimum absolute atomic E-state index is 0.0139. The zero-order valence-corrected chi connectivity index (χ0v) is 30.9. The average Bonchev–Trinajstić information content (AvgIpc) is 3.66. The number of morpholine rings is 1. The van der Waals surface area contributed by atoms with Crippen molar-refractivity contribution in [3.63, 3.8) is 0 Å². The van der Waals surface area contributed by atoms with Gasteiger partial charge in [0, 0.05) is 43.5 Å². The van der Waals surface area contributed by atoms with Crippen LogP contribution in [-0.4, -0.2) is 167 Å². The van der Waals surface area contributed by atoms with Gasteiger partial charge in [0.05, 0.1) is 44.0 Å². The third-order valence-corrected chi connectivity index (χ3v) is 10.3. The van der Waals surface area contributed by atoms with E-state index in [1.165, 1.54) is 35.4 Å². The Morgan fingerprint density at radius 1 is 1.00 bits per heavy atom. The number of esters is 1. The second kappa shape index (κ2) is 19.5. The lowest BCUT2D eigenvalue weighted by Crippen LogP contribution is -2.68. The van der Waals surface area contributed by atoms with Crippen molar-refractivity contribution >= 4 is 58.0 Å². The van der Waals surface area contributed by atoms with Crippen molar-refractivity contribution in [2.24, 2.45) is 0 Å². The summed E-state index contributed by atoms with van der Waals surface area (Å²) >= 11 is 1.18. The molecule has 5 rings (SSSR count). The van der Waals surface area contributed by atoms with E-state index in [1.54, 1.807) is 29.0 Å². The number of likely N-dealkylation sites (tertiary alicyclic amines) is 1. The van der Waals surface area contributed by atoms with E-state index in [2.05, 4.69) is 5.32 Å². The van der Waals surface area contributed by atoms with Crippen LogP contribution < -0.4 is 10.1 Å². The minimum atomic E-state index is -1.35. The molecule has 3 N–H and O–H groups in total. The maximum Gasteiger partial charge on any atom is 0.326 e. The molecular weight excluding hydrogens is 732 g/mol. The predicted octanol–water partition coefficient (Wildman–Crippen LogP) is -1.14. The van der Waals surface area contributed by atoms with Crippen LogP contribution in [0.1, 0.15) is 20.3 Å². The fourth-order valence-corrected chi connectivity index (χ4v) is 7.25. The molecule has 18 nitrogen and oxygen atoms in total. The standard InChI is InChI=1S/C35H46N4O14S/c1-21(40)20-54-27-16-29(43)39(34(27)47)8-9-50-24-3-4-25-23(15-24)5-6-37(25)18-30(44)51-14-13-48-11-12-49-19-28(42)36-17-26-32(45)33(46)31-35(53-26)52-10-7-38(31)22(2)41/h3-6,15,26-27,31-33,35,45-46H,7-14,16-20H2,1-2H3,(H,36,42)/t26-,27?,31+,32+,33-,35+/m1/s1. The third-order valence-electron chi connectivity index (χ3n) is 8.96. The molecule has 4 amide bonds. The van der Waals surface area contributed by atoms with E-state index >= 15 is 0 Å². The van der Waals surface area contributed by atoms with Crippen molar-refractivity contribution < 1.29 is 67.4 Å². The van der Waals surface area contributed by atoms with Gasteiger partial charge in [-0.25, -0.2) is 0 Å². The van der Waals surface area contributed by atoms with E-state index < -0.39 is 47.8 Å². The van der Waals surface area contributed by atoms with Crippen LogP contribution in [0.25, 0.3) is 10.9 Å². The quantitative estimate of drug-likeness (QED) is 0.0872. The van der Waals surface area contributed by atoms with Gasteiger partial charge in [-0.1, -0.05) is 0 Å². The zero-order chi connectivity index (χ0) is 38.8. The van der Waals surface area contributed by atoms with Crippen LogP contribution >= 0.6 is 11.8 Å². The van der Waals surface area contributed by atoms with Crippen LogP contribution in [0.3, 0.4) is 0 Å². The number of hydrogen-bond donors (Lipinski definition) is 3. The first-order valence-electron chi connectivity index (χ1n) is 17.6. The first-order valence-corrected chi connectivity index (χ1v) is 18.6. The van der Waals surface area contributed by atoms with E-state index in [0.717, 1.165) is 10.9 Å². The molecule has 3 saturated heterocycles. The summed E-state index contributed by atoms with van der Waals surface area (Å²) in [7, 11) is 0. The van der Waals surface area contributed by atoms with Crippen LogP contribution in [-0.2, 0) is 59.0 Å². The van der Waals surface area contributed by atoms with E-state index in [-0.39, 0.29) is 108 Å². The molecule has 3 fully saturated rings. The Morgan fingerprint density at radius 2 is 1.78 bits per heavy atom. The molecule has 3 aliphatic heterocycles. The van der Waals surface area contributed by atoms with E-state index in [0.29, 0.717) is 5.75 Å². The molecular formula is C35H46N4O14S. The molecule has 1 unspecified atom stereocenters. The summed E-state index contributed by atoms with van der Waals surface area (Å²) in [6, 6.07) is 6.30. The van der Waals surface area contributed by atoms with Crippen molar-refractivity contribution in [3.8, 4) is 5.75 Å². The number of thioether (sulfide) groups is 1. The Bertz CT molecular complexity index is 1670. The van der Waals surface area contributed by atoms with Crippen molar-refractivity contribution in [1.82, 2.24) is 19.7 Å². The number of benzene rings is 1. The Balaban J connectivity index is 0.913. The smallest absolute Gasteiger partial charge is 0.326 e. The molecule has 54 heavy (non-hydrogen) atoms. The molecule has 6 atom stereocenters. The van der Waals surface area contributed by atoms with Crippen LogP contribution in [0.15, 0.2) is 30.5 Å². The number of carbonyl (C=O) groups excluding carboxylic acids is 6. The number of nitrogens with one attached hydrogen (secondary N) is 1. The largest absolute Gasteiger partial charge is 0.492 e. The highest BCUT2D eigenvalue weighted by molar-refractivity contribution is 8.01. The highest BCUT2D eigenvalue weighted by Gasteiger charge is 2.50. The summed E-state index contributed by atoms with van der Waals surface area (Å²) in [5.41, 5.74) is 0.778. The lowest BCUT2D eigenvalue weighted by molar-refractivity contribution is -0.296. The number of fused-ring (bicyclic) bond motifs is 2. The summed E-state index contributed by atoms with van der Waals surface area (Å²) in [6.07, 6.45) is -2.72. The third kappa shape index (κ3) is 10.8. The lowest BCUT2D eigenvalue weighted by Gasteiger charge is -2.49. The summed E-state index contributed by atoms with van der Waals surface area (Å²) in [5.74, 6) is -1.12. The van der Waals surface area contributed by atoms with E-state index in [1.807, 2.05) is 6.07 Å². The van der Waals surface area contributed by atoms with Gasteiger partial charge < -0.3 is 53.4 Å². The lowest BCUT2D eigenvalue weighted by atomic mass is 9.94. The number of imide groups is 1. The number of aliphatic hydroxyl groups is 2. The van der Waals surface area contributed by atoms with Crippen molar-refractivity contribution in [3.05, 3.63) is 30.5 Å². The Hall–Kier alpha value is -4.11. The molecule has 0 bridgehead atoms. The fourth-order valence-electron chi connectivity index (χ4n) is 6.28. The molecule has 4 heterocycles. The van der Waals surface area contributed by atoms with Crippen LogP contribution in [0, 0.1) is 0 Å².